The summed E-state index contributed by atoms with van der Waals surface area (Å²) in [5.74, 6) is -0.422. The van der Waals surface area contributed by atoms with Crippen LogP contribution in [0.2, 0.25) is 0 Å². The maximum Gasteiger partial charge on any atom is 0.255 e. The average molecular weight is 280 g/mol. The molecule has 4 N–H and O–H groups in total. The van der Waals surface area contributed by atoms with Gasteiger partial charge in [0.15, 0.2) is 6.61 Å². The molecule has 1 fully saturated rings. The molecule has 0 bridgehead atoms. The number of carbonyl (C=O) groups is 2. The van der Waals surface area contributed by atoms with E-state index in [2.05, 4.69) is 0 Å². The Morgan fingerprint density at radius 2 is 1.75 bits per heavy atom. The van der Waals surface area contributed by atoms with Crippen LogP contribution in [0.15, 0.2) is 24.3 Å². The Hall–Kier alpha value is -2.12. The molecule has 1 heterocycles. The van der Waals surface area contributed by atoms with Crippen LogP contribution in [0.1, 0.15) is 10.4 Å². The van der Waals surface area contributed by atoms with Crippen molar-refractivity contribution in [1.29, 1.82) is 0 Å². The number of benzene rings is 1. The Morgan fingerprint density at radius 1 is 1.20 bits per heavy atom. The monoisotopic (exact) mass is 280 g/mol. The summed E-state index contributed by atoms with van der Waals surface area (Å²) in [6.45, 7) is -0.00232. The number of carbonyl (C=O) groups excluding carboxylic acids is 2. The number of ether oxygens (including phenoxy) is 1. The fourth-order valence-electron chi connectivity index (χ4n) is 1.97. The van der Waals surface area contributed by atoms with Gasteiger partial charge in [-0.3, -0.25) is 9.59 Å². The lowest BCUT2D eigenvalue weighted by molar-refractivity contribution is -0.119. The molecule has 0 aromatic heterocycles. The number of nitrogens with two attached hydrogens (primary N) is 1. The number of nitrogens with zero attached hydrogens (tertiary/aromatic N) is 1. The third-order valence-electron chi connectivity index (χ3n) is 3.03. The first-order valence-electron chi connectivity index (χ1n) is 6.14. The lowest BCUT2D eigenvalue weighted by atomic mass is 10.2. The van der Waals surface area contributed by atoms with Crippen molar-refractivity contribution in [3.05, 3.63) is 29.8 Å². The second-order valence-corrected chi connectivity index (χ2v) is 4.62. The van der Waals surface area contributed by atoms with Crippen LogP contribution in [0.5, 0.6) is 5.75 Å². The van der Waals surface area contributed by atoms with Crippen molar-refractivity contribution in [2.45, 2.75) is 12.2 Å². The number of hydrogen-bond donors (Lipinski definition) is 3. The fraction of sp³-hybridized carbons (Fsp3) is 0.385. The van der Waals surface area contributed by atoms with Crippen LogP contribution >= 0.6 is 0 Å². The largest absolute Gasteiger partial charge is 0.484 e. The zero-order valence-corrected chi connectivity index (χ0v) is 10.7. The molecule has 0 saturated carbocycles. The number of aliphatic hydroxyl groups excluding tert-OH is 2. The maximum absolute atomic E-state index is 12.1. The van der Waals surface area contributed by atoms with Gasteiger partial charge in [-0.2, -0.15) is 0 Å². The number of hydrogen-bond acceptors (Lipinski definition) is 5. The van der Waals surface area contributed by atoms with Gasteiger partial charge < -0.3 is 25.6 Å². The highest BCUT2D eigenvalue weighted by Gasteiger charge is 2.32. The third kappa shape index (κ3) is 3.25. The molecule has 108 valence electrons. The van der Waals surface area contributed by atoms with Crippen LogP contribution in [-0.4, -0.2) is 58.8 Å². The number of primary amides is 1. The Labute approximate surface area is 115 Å². The predicted octanol–water partition coefficient (Wildman–Crippen LogP) is -1.27. The van der Waals surface area contributed by atoms with Crippen molar-refractivity contribution in [2.24, 2.45) is 5.73 Å². The van der Waals surface area contributed by atoms with Crippen LogP contribution in [0, 0.1) is 0 Å². The van der Waals surface area contributed by atoms with E-state index in [0.29, 0.717) is 11.3 Å². The smallest absolute Gasteiger partial charge is 0.255 e. The Kier molecular flexibility index (Phi) is 4.21. The Bertz CT molecular complexity index is 492. The zero-order valence-electron chi connectivity index (χ0n) is 10.7. The maximum atomic E-state index is 12.1. The summed E-state index contributed by atoms with van der Waals surface area (Å²) in [5, 5.41) is 18.8. The van der Waals surface area contributed by atoms with Gasteiger partial charge in [-0.1, -0.05) is 0 Å². The van der Waals surface area contributed by atoms with Gasteiger partial charge in [0.2, 0.25) is 0 Å². The number of likely N-dealkylation sites (tertiary alicyclic amines) is 1. The summed E-state index contributed by atoms with van der Waals surface area (Å²) >= 11 is 0. The van der Waals surface area contributed by atoms with Gasteiger partial charge in [0.25, 0.3) is 11.8 Å². The molecule has 20 heavy (non-hydrogen) atoms. The SMILES string of the molecule is NC(=O)COc1ccc(C(=O)N2C[C@@H](O)[C@@H](O)C2)cc1. The van der Waals surface area contributed by atoms with E-state index in [0.717, 1.165) is 0 Å². The highest BCUT2D eigenvalue weighted by Crippen LogP contribution is 2.17. The normalized spacial score (nSPS) is 21.8. The van der Waals surface area contributed by atoms with E-state index in [-0.39, 0.29) is 25.6 Å². The van der Waals surface area contributed by atoms with Crippen molar-refractivity contribution < 1.29 is 24.5 Å². The molecular formula is C13H16N2O5. The van der Waals surface area contributed by atoms with Crippen molar-refractivity contribution in [3.63, 3.8) is 0 Å². The molecule has 1 aliphatic heterocycles. The minimum atomic E-state index is -0.905. The molecule has 1 aliphatic rings. The second-order valence-electron chi connectivity index (χ2n) is 4.62. The van der Waals surface area contributed by atoms with Crippen LogP contribution in [0.4, 0.5) is 0 Å². The van der Waals surface area contributed by atoms with Crippen molar-refractivity contribution in [3.8, 4) is 5.75 Å². The summed E-state index contributed by atoms with van der Waals surface area (Å²) in [7, 11) is 0. The molecule has 1 aromatic rings. The molecule has 1 aromatic carbocycles. The Balaban J connectivity index is 1.99. The third-order valence-corrected chi connectivity index (χ3v) is 3.03. The lowest BCUT2D eigenvalue weighted by Gasteiger charge is -2.15. The minimum Gasteiger partial charge on any atom is -0.484 e. The first-order valence-corrected chi connectivity index (χ1v) is 6.14. The van der Waals surface area contributed by atoms with E-state index < -0.39 is 18.1 Å². The van der Waals surface area contributed by atoms with Gasteiger partial charge in [0.1, 0.15) is 5.75 Å². The quantitative estimate of drug-likeness (QED) is 0.636. The van der Waals surface area contributed by atoms with E-state index in [1.54, 1.807) is 24.3 Å². The topological polar surface area (TPSA) is 113 Å². The van der Waals surface area contributed by atoms with Crippen molar-refractivity contribution in [2.75, 3.05) is 19.7 Å². The number of rotatable bonds is 4. The molecule has 1 saturated heterocycles. The molecule has 0 unspecified atom stereocenters. The molecule has 2 amide bonds. The summed E-state index contributed by atoms with van der Waals surface area (Å²) < 4.78 is 5.08. The van der Waals surface area contributed by atoms with Gasteiger partial charge in [-0.25, -0.2) is 0 Å². The van der Waals surface area contributed by atoms with Gasteiger partial charge in [0.05, 0.1) is 12.2 Å². The summed E-state index contributed by atoms with van der Waals surface area (Å²) in [6.07, 6.45) is -1.81. The number of aliphatic hydroxyl groups is 2. The van der Waals surface area contributed by atoms with E-state index in [1.807, 2.05) is 0 Å². The summed E-state index contributed by atoms with van der Waals surface area (Å²) in [4.78, 5) is 24.1. The molecule has 0 radical (unpaired) electrons. The minimum absolute atomic E-state index is 0.111. The average Bonchev–Trinajstić information content (AvgIpc) is 2.76. The molecule has 7 heteroatoms. The standard InChI is InChI=1S/C13H16N2O5/c14-12(18)7-20-9-3-1-8(2-4-9)13(19)15-5-10(16)11(17)6-15/h1-4,10-11,16-17H,5-7H2,(H2,14,18)/t10-,11+. The van der Waals surface area contributed by atoms with Crippen LogP contribution in [-0.2, 0) is 4.79 Å². The zero-order chi connectivity index (χ0) is 14.7. The molecular weight excluding hydrogens is 264 g/mol. The van der Waals surface area contributed by atoms with E-state index in [9.17, 15) is 19.8 Å². The van der Waals surface area contributed by atoms with Crippen molar-refractivity contribution >= 4 is 11.8 Å². The highest BCUT2D eigenvalue weighted by atomic mass is 16.5. The van der Waals surface area contributed by atoms with Crippen molar-refractivity contribution in [1.82, 2.24) is 4.90 Å². The van der Waals surface area contributed by atoms with Gasteiger partial charge in [-0.15, -0.1) is 0 Å². The van der Waals surface area contributed by atoms with Crippen LogP contribution in [0.3, 0.4) is 0 Å². The van der Waals surface area contributed by atoms with E-state index >= 15 is 0 Å². The molecule has 0 spiro atoms. The Morgan fingerprint density at radius 3 is 2.25 bits per heavy atom. The first kappa shape index (κ1) is 14.3. The lowest BCUT2D eigenvalue weighted by Crippen LogP contribution is -2.29. The first-order chi connectivity index (χ1) is 9.47. The second kappa shape index (κ2) is 5.89. The number of amides is 2. The number of β-amino-alcohol motifs (C(OH)–C–C–N with tert-alkyl or cyclic N) is 2. The fourth-order valence-corrected chi connectivity index (χ4v) is 1.97. The molecule has 2 atom stereocenters. The summed E-state index contributed by atoms with van der Waals surface area (Å²) in [6, 6.07) is 6.21. The van der Waals surface area contributed by atoms with E-state index in [1.165, 1.54) is 4.90 Å². The van der Waals surface area contributed by atoms with Crippen LogP contribution in [0.25, 0.3) is 0 Å². The van der Waals surface area contributed by atoms with E-state index in [4.69, 9.17) is 10.5 Å². The predicted molar refractivity (Wildman–Crippen MR) is 69.0 cm³/mol. The summed E-state index contributed by atoms with van der Waals surface area (Å²) in [5.41, 5.74) is 5.37. The van der Waals surface area contributed by atoms with Crippen LogP contribution < -0.4 is 10.5 Å². The highest BCUT2D eigenvalue weighted by molar-refractivity contribution is 5.94. The van der Waals surface area contributed by atoms with Gasteiger partial charge >= 0.3 is 0 Å². The molecule has 0 aliphatic carbocycles. The van der Waals surface area contributed by atoms with Gasteiger partial charge in [0, 0.05) is 18.7 Å². The van der Waals surface area contributed by atoms with Gasteiger partial charge in [-0.05, 0) is 24.3 Å². The molecule has 7 nitrogen and oxygen atoms in total. The molecule has 2 rings (SSSR count).